The molecule has 2 heterocycles. The molecule has 0 radical (unpaired) electrons. The number of piperazine rings is 1. The van der Waals surface area contributed by atoms with Crippen LogP contribution in [0.1, 0.15) is 30.3 Å². The number of amides is 2. The van der Waals surface area contributed by atoms with Crippen LogP contribution < -0.4 is 10.2 Å². The number of carbonyl (C=O) groups is 2. The molecule has 1 aliphatic heterocycles. The highest BCUT2D eigenvalue weighted by Crippen LogP contribution is 2.35. The van der Waals surface area contributed by atoms with Gasteiger partial charge in [-0.2, -0.15) is 0 Å². The number of aromatic nitrogens is 1. The molecule has 2 amide bonds. The van der Waals surface area contributed by atoms with Crippen molar-refractivity contribution < 1.29 is 18.4 Å². The first kappa shape index (κ1) is 20.7. The summed E-state index contributed by atoms with van der Waals surface area (Å²) in [5, 5.41) is 3.57. The van der Waals surface area contributed by atoms with E-state index < -0.39 is 11.6 Å². The number of rotatable bonds is 4. The lowest BCUT2D eigenvalue weighted by Gasteiger charge is -2.34. The highest BCUT2D eigenvalue weighted by Gasteiger charge is 2.30. The molecule has 6 nitrogen and oxygen atoms in total. The molecule has 9 heteroatoms. The summed E-state index contributed by atoms with van der Waals surface area (Å²) in [5.41, 5.74) is 1.16. The van der Waals surface area contributed by atoms with Gasteiger partial charge in [0.25, 0.3) is 0 Å². The van der Waals surface area contributed by atoms with Crippen LogP contribution in [0.15, 0.2) is 18.2 Å². The minimum atomic E-state index is -0.718. The monoisotopic (exact) mass is 434 g/mol. The second kappa shape index (κ2) is 8.67. The number of anilines is 2. The van der Waals surface area contributed by atoms with Crippen LogP contribution in [0.2, 0.25) is 0 Å². The van der Waals surface area contributed by atoms with Gasteiger partial charge in [0.05, 0.1) is 5.69 Å². The van der Waals surface area contributed by atoms with Crippen LogP contribution in [0, 0.1) is 17.6 Å². The van der Waals surface area contributed by atoms with E-state index in [1.54, 1.807) is 11.3 Å². The third kappa shape index (κ3) is 4.45. The minimum absolute atomic E-state index is 0.132. The van der Waals surface area contributed by atoms with Gasteiger partial charge in [0.15, 0.2) is 5.13 Å². The van der Waals surface area contributed by atoms with Gasteiger partial charge >= 0.3 is 0 Å². The molecule has 1 N–H and O–H groups in total. The summed E-state index contributed by atoms with van der Waals surface area (Å²) >= 11 is 1.60. The van der Waals surface area contributed by atoms with E-state index in [1.807, 2.05) is 11.8 Å². The van der Waals surface area contributed by atoms with Crippen LogP contribution in [0.4, 0.5) is 19.6 Å². The minimum Gasteiger partial charge on any atom is -0.345 e. The Balaban J connectivity index is 1.38. The Bertz CT molecular complexity index is 936. The molecular weight excluding hydrogens is 410 g/mol. The van der Waals surface area contributed by atoms with Gasteiger partial charge in [-0.1, -0.05) is 6.92 Å². The number of fused-ring (bicyclic) bond motifs is 1. The number of hydrogen-bond acceptors (Lipinski definition) is 5. The number of nitrogens with zero attached hydrogens (tertiary/aromatic N) is 3. The van der Waals surface area contributed by atoms with Gasteiger partial charge in [0.1, 0.15) is 11.6 Å². The Kier molecular flexibility index (Phi) is 5.99. The Morgan fingerprint density at radius 2 is 1.87 bits per heavy atom. The molecule has 1 aliphatic carbocycles. The van der Waals surface area contributed by atoms with E-state index in [4.69, 9.17) is 4.98 Å². The lowest BCUT2D eigenvalue weighted by molar-refractivity contribution is -0.131. The fourth-order valence-electron chi connectivity index (χ4n) is 3.96. The summed E-state index contributed by atoms with van der Waals surface area (Å²) in [4.78, 5) is 34.4. The van der Waals surface area contributed by atoms with Crippen molar-refractivity contribution in [3.8, 4) is 0 Å². The molecule has 2 aliphatic rings. The normalized spacial score (nSPS) is 18.8. The average molecular weight is 435 g/mol. The molecule has 4 rings (SSSR count). The van der Waals surface area contributed by atoms with Crippen molar-refractivity contribution in [3.05, 3.63) is 40.4 Å². The fourth-order valence-corrected chi connectivity index (χ4v) is 5.20. The standard InChI is InChI=1S/C21H24F2N4O2S/c1-2-19(28)26-5-7-27(8-6-26)21-25-17-4-3-13(9-18(17)30-21)20(29)24-16-11-14(22)10-15(23)12-16/h10-13H,2-9H2,1H3,(H,24,29)/t13-/m0/s1. The molecule has 0 bridgehead atoms. The average Bonchev–Trinajstić information content (AvgIpc) is 3.16. The Morgan fingerprint density at radius 1 is 1.17 bits per heavy atom. The van der Waals surface area contributed by atoms with Crippen molar-refractivity contribution in [1.29, 1.82) is 0 Å². The second-order valence-electron chi connectivity index (χ2n) is 7.67. The van der Waals surface area contributed by atoms with E-state index in [2.05, 4.69) is 10.2 Å². The van der Waals surface area contributed by atoms with E-state index in [0.29, 0.717) is 38.8 Å². The van der Waals surface area contributed by atoms with Gasteiger partial charge < -0.3 is 15.1 Å². The van der Waals surface area contributed by atoms with Gasteiger partial charge in [-0.05, 0) is 31.4 Å². The fraction of sp³-hybridized carbons (Fsp3) is 0.476. The number of aryl methyl sites for hydroxylation is 1. The van der Waals surface area contributed by atoms with E-state index >= 15 is 0 Å². The number of benzene rings is 1. The summed E-state index contributed by atoms with van der Waals surface area (Å²) in [6, 6.07) is 3.01. The van der Waals surface area contributed by atoms with Gasteiger partial charge in [-0.15, -0.1) is 11.3 Å². The van der Waals surface area contributed by atoms with E-state index in [9.17, 15) is 18.4 Å². The van der Waals surface area contributed by atoms with Gasteiger partial charge in [0.2, 0.25) is 11.8 Å². The zero-order chi connectivity index (χ0) is 21.3. The second-order valence-corrected chi connectivity index (χ2v) is 8.74. The molecule has 2 aromatic rings. The van der Waals surface area contributed by atoms with E-state index in [-0.39, 0.29) is 23.4 Å². The van der Waals surface area contributed by atoms with Gasteiger partial charge in [-0.3, -0.25) is 9.59 Å². The molecule has 0 unspecified atom stereocenters. The largest absolute Gasteiger partial charge is 0.345 e. The lowest BCUT2D eigenvalue weighted by atomic mass is 9.90. The maximum atomic E-state index is 13.4. The molecule has 0 saturated carbocycles. The molecule has 1 aromatic carbocycles. The van der Waals surface area contributed by atoms with Crippen molar-refractivity contribution in [1.82, 2.24) is 9.88 Å². The van der Waals surface area contributed by atoms with Crippen molar-refractivity contribution >= 4 is 34.0 Å². The third-order valence-electron chi connectivity index (χ3n) is 5.63. The van der Waals surface area contributed by atoms with Crippen molar-refractivity contribution in [3.63, 3.8) is 0 Å². The summed E-state index contributed by atoms with van der Waals surface area (Å²) < 4.78 is 26.7. The Morgan fingerprint density at radius 3 is 2.53 bits per heavy atom. The number of carbonyl (C=O) groups excluding carboxylic acids is 2. The third-order valence-corrected chi connectivity index (χ3v) is 6.82. The van der Waals surface area contributed by atoms with Crippen LogP contribution in [0.5, 0.6) is 0 Å². The first-order valence-corrected chi connectivity index (χ1v) is 11.0. The highest BCUT2D eigenvalue weighted by atomic mass is 32.1. The summed E-state index contributed by atoms with van der Waals surface area (Å²) in [7, 11) is 0. The zero-order valence-corrected chi connectivity index (χ0v) is 17.6. The summed E-state index contributed by atoms with van der Waals surface area (Å²) in [6.07, 6.45) is 2.45. The Hall–Kier alpha value is -2.55. The lowest BCUT2D eigenvalue weighted by Crippen LogP contribution is -2.48. The molecule has 160 valence electrons. The maximum Gasteiger partial charge on any atom is 0.227 e. The van der Waals surface area contributed by atoms with E-state index in [0.717, 1.165) is 47.0 Å². The molecule has 0 spiro atoms. The number of nitrogens with one attached hydrogen (secondary N) is 1. The molecule has 1 fully saturated rings. The smallest absolute Gasteiger partial charge is 0.227 e. The first-order chi connectivity index (χ1) is 14.4. The molecule has 1 saturated heterocycles. The van der Waals surface area contributed by atoms with Crippen LogP contribution >= 0.6 is 11.3 Å². The summed E-state index contributed by atoms with van der Waals surface area (Å²) in [6.45, 7) is 4.79. The van der Waals surface area contributed by atoms with Gasteiger partial charge in [0, 0.05) is 55.1 Å². The zero-order valence-electron chi connectivity index (χ0n) is 16.8. The Labute approximate surface area is 177 Å². The SMILES string of the molecule is CCC(=O)N1CCN(c2nc3c(s2)C[C@@H](C(=O)Nc2cc(F)cc(F)c2)CC3)CC1. The van der Waals surface area contributed by atoms with Crippen LogP contribution in [0.25, 0.3) is 0 Å². The van der Waals surface area contributed by atoms with Crippen LogP contribution in [-0.4, -0.2) is 47.9 Å². The van der Waals surface area contributed by atoms with Crippen LogP contribution in [-0.2, 0) is 22.4 Å². The highest BCUT2D eigenvalue weighted by molar-refractivity contribution is 7.15. The van der Waals surface area contributed by atoms with Gasteiger partial charge in [-0.25, -0.2) is 13.8 Å². The molecule has 1 atom stereocenters. The summed E-state index contributed by atoms with van der Waals surface area (Å²) in [5.74, 6) is -1.74. The van der Waals surface area contributed by atoms with Crippen molar-refractivity contribution in [2.45, 2.75) is 32.6 Å². The predicted octanol–water partition coefficient (Wildman–Crippen LogP) is 3.22. The quantitative estimate of drug-likeness (QED) is 0.803. The predicted molar refractivity (Wildman–Crippen MR) is 112 cm³/mol. The first-order valence-electron chi connectivity index (χ1n) is 10.2. The molecular formula is C21H24F2N4O2S. The molecule has 1 aromatic heterocycles. The molecule has 30 heavy (non-hydrogen) atoms. The number of halogens is 2. The van der Waals surface area contributed by atoms with Crippen molar-refractivity contribution in [2.75, 3.05) is 36.4 Å². The number of hydrogen-bond donors (Lipinski definition) is 1. The maximum absolute atomic E-state index is 13.4. The topological polar surface area (TPSA) is 65.5 Å². The number of thiazole rings is 1. The van der Waals surface area contributed by atoms with Crippen LogP contribution in [0.3, 0.4) is 0 Å². The van der Waals surface area contributed by atoms with Crippen molar-refractivity contribution in [2.24, 2.45) is 5.92 Å². The van der Waals surface area contributed by atoms with E-state index in [1.165, 1.54) is 0 Å².